The Labute approximate surface area is 172 Å². The molecule has 0 radical (unpaired) electrons. The molecule has 0 bridgehead atoms. The van der Waals surface area contributed by atoms with E-state index in [1.807, 2.05) is 36.5 Å². The molecule has 1 fully saturated rings. The molecule has 5 heteroatoms. The van der Waals surface area contributed by atoms with Crippen molar-refractivity contribution in [3.63, 3.8) is 0 Å². The number of aryl methyl sites for hydroxylation is 1. The van der Waals surface area contributed by atoms with E-state index >= 15 is 0 Å². The van der Waals surface area contributed by atoms with Gasteiger partial charge in [-0.2, -0.15) is 4.98 Å². The molecule has 2 aromatic carbocycles. The molecule has 0 saturated carbocycles. The van der Waals surface area contributed by atoms with Crippen LogP contribution in [0.3, 0.4) is 0 Å². The van der Waals surface area contributed by atoms with Crippen LogP contribution >= 0.6 is 0 Å². The van der Waals surface area contributed by atoms with Crippen LogP contribution in [0, 0.1) is 6.92 Å². The van der Waals surface area contributed by atoms with Crippen molar-refractivity contribution in [3.05, 3.63) is 84.1 Å². The molecule has 148 valence electrons. The standard InChI is InChI=1S/C24H27N5/c1-20-8-5-6-12-22(20)26-24-25-14-13-23(27-24)29-18-16-28(17-19-29)15-7-11-21-9-3-2-4-10-21/h2-14H,15-19H2,1H3,(H,25,26,27)/b11-7+. The number of benzene rings is 2. The van der Waals surface area contributed by atoms with Gasteiger partial charge >= 0.3 is 0 Å². The smallest absolute Gasteiger partial charge is 0.229 e. The van der Waals surface area contributed by atoms with Crippen molar-refractivity contribution in [2.24, 2.45) is 0 Å². The van der Waals surface area contributed by atoms with Crippen LogP contribution in [0.15, 0.2) is 72.9 Å². The van der Waals surface area contributed by atoms with Crippen molar-refractivity contribution in [2.75, 3.05) is 42.9 Å². The van der Waals surface area contributed by atoms with E-state index in [1.54, 1.807) is 0 Å². The highest BCUT2D eigenvalue weighted by molar-refractivity contribution is 5.59. The zero-order chi connectivity index (χ0) is 19.9. The summed E-state index contributed by atoms with van der Waals surface area (Å²) in [4.78, 5) is 13.9. The van der Waals surface area contributed by atoms with Crippen LogP contribution in [0.5, 0.6) is 0 Å². The fourth-order valence-electron chi connectivity index (χ4n) is 3.48. The number of nitrogens with zero attached hydrogens (tertiary/aromatic N) is 4. The van der Waals surface area contributed by atoms with Crippen LogP contribution in [0.1, 0.15) is 11.1 Å². The van der Waals surface area contributed by atoms with Gasteiger partial charge in [0.15, 0.2) is 0 Å². The minimum absolute atomic E-state index is 0.644. The summed E-state index contributed by atoms with van der Waals surface area (Å²) in [5, 5.41) is 3.34. The van der Waals surface area contributed by atoms with Crippen LogP contribution < -0.4 is 10.2 Å². The summed E-state index contributed by atoms with van der Waals surface area (Å²) in [5.74, 6) is 1.63. The Bertz CT molecular complexity index is 946. The predicted octanol–water partition coefficient (Wildman–Crippen LogP) is 4.36. The first-order valence-corrected chi connectivity index (χ1v) is 10.1. The molecule has 1 aliphatic heterocycles. The van der Waals surface area contributed by atoms with E-state index in [4.69, 9.17) is 4.98 Å². The van der Waals surface area contributed by atoms with Crippen molar-refractivity contribution >= 4 is 23.5 Å². The quantitative estimate of drug-likeness (QED) is 0.683. The summed E-state index contributed by atoms with van der Waals surface area (Å²) in [6.45, 7) is 7.07. The molecular weight excluding hydrogens is 358 g/mol. The molecule has 4 rings (SSSR count). The molecule has 0 atom stereocenters. The Morgan fingerprint density at radius 3 is 2.48 bits per heavy atom. The molecule has 0 amide bonds. The second kappa shape index (κ2) is 9.34. The van der Waals surface area contributed by atoms with Gasteiger partial charge in [-0.15, -0.1) is 0 Å². The highest BCUT2D eigenvalue weighted by atomic mass is 15.3. The molecular formula is C24H27N5. The number of piperazine rings is 1. The fourth-order valence-corrected chi connectivity index (χ4v) is 3.48. The SMILES string of the molecule is Cc1ccccc1Nc1nccc(N2CCN(C/C=C/c3ccccc3)CC2)n1. The average Bonchev–Trinajstić information content (AvgIpc) is 2.77. The first-order valence-electron chi connectivity index (χ1n) is 10.1. The molecule has 3 aromatic rings. The normalized spacial score (nSPS) is 15.0. The number of rotatable bonds is 6. The Morgan fingerprint density at radius 1 is 0.931 bits per heavy atom. The minimum Gasteiger partial charge on any atom is -0.354 e. The van der Waals surface area contributed by atoms with Crippen LogP contribution in [0.25, 0.3) is 6.08 Å². The molecule has 0 spiro atoms. The predicted molar refractivity (Wildman–Crippen MR) is 121 cm³/mol. The monoisotopic (exact) mass is 385 g/mol. The second-order valence-corrected chi connectivity index (χ2v) is 7.28. The van der Waals surface area contributed by atoms with Gasteiger partial charge in [0, 0.05) is 44.6 Å². The highest BCUT2D eigenvalue weighted by Crippen LogP contribution is 2.20. The molecule has 1 N–H and O–H groups in total. The second-order valence-electron chi connectivity index (χ2n) is 7.28. The first kappa shape index (κ1) is 19.2. The number of anilines is 3. The number of hydrogen-bond donors (Lipinski definition) is 1. The molecule has 29 heavy (non-hydrogen) atoms. The third-order valence-corrected chi connectivity index (χ3v) is 5.20. The van der Waals surface area contributed by atoms with Crippen molar-refractivity contribution in [1.29, 1.82) is 0 Å². The summed E-state index contributed by atoms with van der Waals surface area (Å²) < 4.78 is 0. The van der Waals surface area contributed by atoms with Gasteiger partial charge in [-0.05, 0) is 30.2 Å². The molecule has 0 aliphatic carbocycles. The summed E-state index contributed by atoms with van der Waals surface area (Å²) in [5.41, 5.74) is 3.47. The number of para-hydroxylation sites is 1. The Morgan fingerprint density at radius 2 is 1.69 bits per heavy atom. The molecule has 1 aliphatic rings. The van der Waals surface area contributed by atoms with E-state index in [2.05, 4.69) is 69.5 Å². The molecule has 1 saturated heterocycles. The highest BCUT2D eigenvalue weighted by Gasteiger charge is 2.17. The van der Waals surface area contributed by atoms with E-state index in [1.165, 1.54) is 11.1 Å². The Kier molecular flexibility index (Phi) is 6.17. The largest absolute Gasteiger partial charge is 0.354 e. The summed E-state index contributed by atoms with van der Waals surface area (Å²) in [6, 6.07) is 20.6. The lowest BCUT2D eigenvalue weighted by atomic mass is 10.2. The van der Waals surface area contributed by atoms with Gasteiger partial charge < -0.3 is 10.2 Å². The summed E-state index contributed by atoms with van der Waals surface area (Å²) in [6.07, 6.45) is 6.28. The fraction of sp³-hybridized carbons (Fsp3) is 0.250. The average molecular weight is 386 g/mol. The van der Waals surface area contributed by atoms with Crippen molar-refractivity contribution in [2.45, 2.75) is 6.92 Å². The lowest BCUT2D eigenvalue weighted by molar-refractivity contribution is 0.283. The maximum absolute atomic E-state index is 4.73. The van der Waals surface area contributed by atoms with Gasteiger partial charge in [0.05, 0.1) is 0 Å². The van der Waals surface area contributed by atoms with Crippen molar-refractivity contribution < 1.29 is 0 Å². The topological polar surface area (TPSA) is 44.3 Å². The maximum Gasteiger partial charge on any atom is 0.229 e. The van der Waals surface area contributed by atoms with Crippen LogP contribution in [0.2, 0.25) is 0 Å². The third-order valence-electron chi connectivity index (χ3n) is 5.20. The van der Waals surface area contributed by atoms with Gasteiger partial charge in [0.1, 0.15) is 5.82 Å². The summed E-state index contributed by atoms with van der Waals surface area (Å²) >= 11 is 0. The molecule has 2 heterocycles. The van der Waals surface area contributed by atoms with Gasteiger partial charge in [-0.3, -0.25) is 4.90 Å². The van der Waals surface area contributed by atoms with Crippen LogP contribution in [0.4, 0.5) is 17.5 Å². The molecule has 5 nitrogen and oxygen atoms in total. The van der Waals surface area contributed by atoms with Gasteiger partial charge in [-0.25, -0.2) is 4.98 Å². The van der Waals surface area contributed by atoms with Gasteiger partial charge in [-0.1, -0.05) is 60.7 Å². The number of aromatic nitrogens is 2. The Balaban J connectivity index is 1.32. The van der Waals surface area contributed by atoms with Crippen molar-refractivity contribution in [3.8, 4) is 0 Å². The first-order chi connectivity index (χ1) is 14.3. The number of nitrogens with one attached hydrogen (secondary N) is 1. The molecule has 0 unspecified atom stereocenters. The zero-order valence-corrected chi connectivity index (χ0v) is 16.8. The maximum atomic E-state index is 4.73. The van der Waals surface area contributed by atoms with Crippen molar-refractivity contribution in [1.82, 2.24) is 14.9 Å². The minimum atomic E-state index is 0.644. The third kappa shape index (κ3) is 5.21. The lowest BCUT2D eigenvalue weighted by Crippen LogP contribution is -2.46. The van der Waals surface area contributed by atoms with Gasteiger partial charge in [0.25, 0.3) is 0 Å². The Hall–Kier alpha value is -3.18. The van der Waals surface area contributed by atoms with Crippen LogP contribution in [-0.2, 0) is 0 Å². The van der Waals surface area contributed by atoms with E-state index in [9.17, 15) is 0 Å². The molecule has 1 aromatic heterocycles. The van der Waals surface area contributed by atoms with Gasteiger partial charge in [0.2, 0.25) is 5.95 Å². The van der Waals surface area contributed by atoms with Crippen LogP contribution in [-0.4, -0.2) is 47.6 Å². The number of hydrogen-bond acceptors (Lipinski definition) is 5. The zero-order valence-electron chi connectivity index (χ0n) is 16.8. The summed E-state index contributed by atoms with van der Waals surface area (Å²) in [7, 11) is 0. The van der Waals surface area contributed by atoms with E-state index in [-0.39, 0.29) is 0 Å². The van der Waals surface area contributed by atoms with E-state index in [0.29, 0.717) is 5.95 Å². The van der Waals surface area contributed by atoms with E-state index in [0.717, 1.165) is 44.2 Å². The van der Waals surface area contributed by atoms with E-state index < -0.39 is 0 Å². The lowest BCUT2D eigenvalue weighted by Gasteiger charge is -2.34.